The molecule has 1 saturated carbocycles. The fourth-order valence-corrected chi connectivity index (χ4v) is 3.12. The highest BCUT2D eigenvalue weighted by Crippen LogP contribution is 2.37. The number of nitrogens with one attached hydrogen (secondary N) is 1. The summed E-state index contributed by atoms with van der Waals surface area (Å²) in [5.74, 6) is -0.874. The molecule has 4 nitrogen and oxygen atoms in total. The van der Waals surface area contributed by atoms with E-state index in [9.17, 15) is 14.7 Å². The lowest BCUT2D eigenvalue weighted by atomic mass is 9.86. The number of carbonyl (C=O) groups is 2. The van der Waals surface area contributed by atoms with E-state index in [1.165, 1.54) is 11.3 Å². The standard InChI is InChI=1S/C13H17NO3S/c15-11(8-10-4-3-7-18-10)14-9-13(12(16)17)5-1-2-6-13/h3-4,7H,1-2,5-6,8-9H2,(H,14,15)(H,16,17). The van der Waals surface area contributed by atoms with Gasteiger partial charge in [0.25, 0.3) is 0 Å². The minimum atomic E-state index is -0.781. The second-order valence-corrected chi connectivity index (χ2v) is 5.86. The molecule has 0 aliphatic heterocycles. The predicted molar refractivity (Wildman–Crippen MR) is 69.6 cm³/mol. The van der Waals surface area contributed by atoms with Crippen LogP contribution in [0.5, 0.6) is 0 Å². The van der Waals surface area contributed by atoms with Crippen molar-refractivity contribution >= 4 is 23.2 Å². The Balaban J connectivity index is 1.86. The normalized spacial score (nSPS) is 17.6. The molecular weight excluding hydrogens is 250 g/mol. The molecule has 1 amide bonds. The van der Waals surface area contributed by atoms with Gasteiger partial charge in [0.1, 0.15) is 0 Å². The molecule has 0 aromatic carbocycles. The van der Waals surface area contributed by atoms with Gasteiger partial charge in [-0.15, -0.1) is 11.3 Å². The third-order valence-electron chi connectivity index (χ3n) is 3.55. The van der Waals surface area contributed by atoms with E-state index >= 15 is 0 Å². The zero-order valence-electron chi connectivity index (χ0n) is 10.1. The van der Waals surface area contributed by atoms with Gasteiger partial charge in [-0.2, -0.15) is 0 Å². The van der Waals surface area contributed by atoms with E-state index in [2.05, 4.69) is 5.32 Å². The Bertz CT molecular complexity index is 421. The van der Waals surface area contributed by atoms with E-state index in [1.807, 2.05) is 17.5 Å². The van der Waals surface area contributed by atoms with Crippen LogP contribution in [-0.2, 0) is 16.0 Å². The highest BCUT2D eigenvalue weighted by molar-refractivity contribution is 7.10. The van der Waals surface area contributed by atoms with Crippen molar-refractivity contribution in [1.29, 1.82) is 0 Å². The van der Waals surface area contributed by atoms with Crippen LogP contribution < -0.4 is 5.32 Å². The van der Waals surface area contributed by atoms with Crippen molar-refractivity contribution in [2.24, 2.45) is 5.41 Å². The SMILES string of the molecule is O=C(Cc1cccs1)NCC1(C(=O)O)CCCC1. The third-order valence-corrected chi connectivity index (χ3v) is 4.43. The Kier molecular flexibility index (Phi) is 4.01. The highest BCUT2D eigenvalue weighted by atomic mass is 32.1. The Hall–Kier alpha value is -1.36. The molecule has 1 aromatic heterocycles. The molecule has 1 aromatic rings. The van der Waals surface area contributed by atoms with Crippen LogP contribution in [0, 0.1) is 5.41 Å². The number of carboxylic acid groups (broad SMARTS) is 1. The molecule has 98 valence electrons. The second kappa shape index (κ2) is 5.52. The molecule has 0 spiro atoms. The van der Waals surface area contributed by atoms with Gasteiger partial charge in [-0.1, -0.05) is 18.9 Å². The lowest BCUT2D eigenvalue weighted by Gasteiger charge is -2.23. The third kappa shape index (κ3) is 2.90. The van der Waals surface area contributed by atoms with Crippen molar-refractivity contribution in [1.82, 2.24) is 5.32 Å². The minimum Gasteiger partial charge on any atom is -0.481 e. The van der Waals surface area contributed by atoms with Gasteiger partial charge >= 0.3 is 5.97 Å². The van der Waals surface area contributed by atoms with Gasteiger partial charge in [0.2, 0.25) is 5.91 Å². The average Bonchev–Trinajstić information content (AvgIpc) is 2.97. The van der Waals surface area contributed by atoms with Crippen LogP contribution >= 0.6 is 11.3 Å². The average molecular weight is 267 g/mol. The van der Waals surface area contributed by atoms with Crippen molar-refractivity contribution < 1.29 is 14.7 Å². The smallest absolute Gasteiger partial charge is 0.311 e. The number of hydrogen-bond acceptors (Lipinski definition) is 3. The molecule has 1 heterocycles. The van der Waals surface area contributed by atoms with Gasteiger partial charge in [-0.05, 0) is 24.3 Å². The summed E-state index contributed by atoms with van der Waals surface area (Å²) < 4.78 is 0. The number of hydrogen-bond donors (Lipinski definition) is 2. The quantitative estimate of drug-likeness (QED) is 0.858. The summed E-state index contributed by atoms with van der Waals surface area (Å²) in [5.41, 5.74) is -0.731. The maximum absolute atomic E-state index is 11.7. The Morgan fingerprint density at radius 3 is 2.67 bits per heavy atom. The van der Waals surface area contributed by atoms with Crippen molar-refractivity contribution in [2.45, 2.75) is 32.1 Å². The molecule has 1 aliphatic carbocycles. The molecular formula is C13H17NO3S. The molecule has 0 bridgehead atoms. The number of thiophene rings is 1. The number of amides is 1. The van der Waals surface area contributed by atoms with Crippen LogP contribution in [0.4, 0.5) is 0 Å². The summed E-state index contributed by atoms with van der Waals surface area (Å²) >= 11 is 1.54. The lowest BCUT2D eigenvalue weighted by Crippen LogP contribution is -2.41. The zero-order valence-corrected chi connectivity index (χ0v) is 11.0. The summed E-state index contributed by atoms with van der Waals surface area (Å²) in [6, 6.07) is 3.82. The largest absolute Gasteiger partial charge is 0.481 e. The van der Waals surface area contributed by atoms with Crippen molar-refractivity contribution in [3.63, 3.8) is 0 Å². The molecule has 2 rings (SSSR count). The number of carboxylic acids is 1. The van der Waals surface area contributed by atoms with Crippen molar-refractivity contribution in [2.75, 3.05) is 6.54 Å². The summed E-state index contributed by atoms with van der Waals surface area (Å²) in [5, 5.41) is 14.0. The monoisotopic (exact) mass is 267 g/mol. The fourth-order valence-electron chi connectivity index (χ4n) is 2.42. The molecule has 2 N–H and O–H groups in total. The Morgan fingerprint density at radius 1 is 1.39 bits per heavy atom. The first-order valence-corrected chi connectivity index (χ1v) is 7.03. The minimum absolute atomic E-state index is 0.0926. The van der Waals surface area contributed by atoms with Crippen molar-refractivity contribution in [3.05, 3.63) is 22.4 Å². The van der Waals surface area contributed by atoms with Gasteiger partial charge in [0.05, 0.1) is 11.8 Å². The molecule has 0 atom stereocenters. The molecule has 5 heteroatoms. The van der Waals surface area contributed by atoms with Crippen LogP contribution in [0.25, 0.3) is 0 Å². The predicted octanol–water partition coefficient (Wildman–Crippen LogP) is 2.05. The molecule has 1 aliphatic rings. The zero-order chi connectivity index (χ0) is 13.0. The van der Waals surface area contributed by atoms with Gasteiger partial charge in [-0.3, -0.25) is 9.59 Å². The summed E-state index contributed by atoms with van der Waals surface area (Å²) in [6.45, 7) is 0.256. The Morgan fingerprint density at radius 2 is 2.11 bits per heavy atom. The second-order valence-electron chi connectivity index (χ2n) is 4.83. The van der Waals surface area contributed by atoms with Crippen LogP contribution in [0.2, 0.25) is 0 Å². The number of aliphatic carboxylic acids is 1. The summed E-state index contributed by atoms with van der Waals surface area (Å²) in [7, 11) is 0. The highest BCUT2D eigenvalue weighted by Gasteiger charge is 2.41. The summed E-state index contributed by atoms with van der Waals surface area (Å²) in [6.07, 6.45) is 3.55. The number of carbonyl (C=O) groups excluding carboxylic acids is 1. The van der Waals surface area contributed by atoms with Crippen LogP contribution in [0.1, 0.15) is 30.6 Å². The van der Waals surface area contributed by atoms with Crippen molar-refractivity contribution in [3.8, 4) is 0 Å². The van der Waals surface area contributed by atoms with Gasteiger partial charge < -0.3 is 10.4 Å². The number of rotatable bonds is 5. The fraction of sp³-hybridized carbons (Fsp3) is 0.538. The van der Waals surface area contributed by atoms with E-state index < -0.39 is 11.4 Å². The molecule has 18 heavy (non-hydrogen) atoms. The molecule has 1 fully saturated rings. The van der Waals surface area contributed by atoms with Gasteiger partial charge in [-0.25, -0.2) is 0 Å². The van der Waals surface area contributed by atoms with E-state index in [0.717, 1.165) is 17.7 Å². The van der Waals surface area contributed by atoms with E-state index in [4.69, 9.17) is 0 Å². The van der Waals surface area contributed by atoms with Gasteiger partial charge in [0, 0.05) is 11.4 Å². The van der Waals surface area contributed by atoms with E-state index in [1.54, 1.807) is 0 Å². The molecule has 0 radical (unpaired) electrons. The van der Waals surface area contributed by atoms with Gasteiger partial charge in [0.15, 0.2) is 0 Å². The first-order chi connectivity index (χ1) is 8.62. The summed E-state index contributed by atoms with van der Waals surface area (Å²) in [4.78, 5) is 24.0. The first kappa shape index (κ1) is 13.1. The molecule has 0 unspecified atom stereocenters. The maximum atomic E-state index is 11.7. The van der Waals surface area contributed by atoms with Crippen LogP contribution in [-0.4, -0.2) is 23.5 Å². The Labute approximate surface area is 110 Å². The van der Waals surface area contributed by atoms with E-state index in [-0.39, 0.29) is 12.5 Å². The van der Waals surface area contributed by atoms with E-state index in [0.29, 0.717) is 19.3 Å². The first-order valence-electron chi connectivity index (χ1n) is 6.15. The molecule has 0 saturated heterocycles. The maximum Gasteiger partial charge on any atom is 0.311 e. The lowest BCUT2D eigenvalue weighted by molar-refractivity contribution is -0.148. The topological polar surface area (TPSA) is 66.4 Å². The van der Waals surface area contributed by atoms with Crippen LogP contribution in [0.15, 0.2) is 17.5 Å². The van der Waals surface area contributed by atoms with Crippen LogP contribution in [0.3, 0.4) is 0 Å².